The summed E-state index contributed by atoms with van der Waals surface area (Å²) in [5.74, 6) is 1.33. The summed E-state index contributed by atoms with van der Waals surface area (Å²) in [5.41, 5.74) is 5.19. The Bertz CT molecular complexity index is 1120. The van der Waals surface area contributed by atoms with Crippen molar-refractivity contribution in [3.8, 4) is 17.2 Å². The van der Waals surface area contributed by atoms with Gasteiger partial charge in [0.25, 0.3) is 5.91 Å². The van der Waals surface area contributed by atoms with Gasteiger partial charge < -0.3 is 14.4 Å². The first-order valence-electron chi connectivity index (χ1n) is 12.0. The molecular formula is C27H34N4O3. The average molecular weight is 463 g/mol. The number of nitrogens with zero attached hydrogens (tertiary/aromatic N) is 4. The molecule has 0 aliphatic carbocycles. The number of aryl methyl sites for hydroxylation is 1. The van der Waals surface area contributed by atoms with E-state index in [9.17, 15) is 4.79 Å². The number of aromatic nitrogens is 2. The number of carbonyl (C=O) groups is 1. The highest BCUT2D eigenvalue weighted by Gasteiger charge is 2.25. The van der Waals surface area contributed by atoms with Gasteiger partial charge in [0.15, 0.2) is 11.5 Å². The summed E-state index contributed by atoms with van der Waals surface area (Å²) in [6.07, 6.45) is 0. The number of para-hydroxylation sites is 1. The molecule has 0 spiro atoms. The van der Waals surface area contributed by atoms with Crippen LogP contribution in [0.1, 0.15) is 41.2 Å². The van der Waals surface area contributed by atoms with Crippen LogP contribution in [0.5, 0.6) is 11.5 Å². The molecule has 0 unspecified atom stereocenters. The third kappa shape index (κ3) is 5.09. The molecule has 0 bridgehead atoms. The van der Waals surface area contributed by atoms with E-state index in [-0.39, 0.29) is 5.91 Å². The highest BCUT2D eigenvalue weighted by molar-refractivity contribution is 5.95. The van der Waals surface area contributed by atoms with E-state index in [0.717, 1.165) is 31.0 Å². The first kappa shape index (κ1) is 23.8. The lowest BCUT2D eigenvalue weighted by atomic mass is 10.1. The topological polar surface area (TPSA) is 59.8 Å². The molecule has 0 atom stereocenters. The van der Waals surface area contributed by atoms with Crippen molar-refractivity contribution in [1.29, 1.82) is 0 Å². The summed E-state index contributed by atoms with van der Waals surface area (Å²) in [6.45, 7) is 13.0. The van der Waals surface area contributed by atoms with Crippen molar-refractivity contribution < 1.29 is 14.3 Å². The van der Waals surface area contributed by atoms with Gasteiger partial charge in [-0.3, -0.25) is 9.69 Å². The van der Waals surface area contributed by atoms with Crippen molar-refractivity contribution in [2.45, 2.75) is 34.2 Å². The fraction of sp³-hybridized carbons (Fsp3) is 0.407. The summed E-state index contributed by atoms with van der Waals surface area (Å²) in [6, 6.07) is 15.7. The minimum atomic E-state index is 0.0351. The van der Waals surface area contributed by atoms with Crippen molar-refractivity contribution >= 4 is 5.91 Å². The maximum Gasteiger partial charge on any atom is 0.254 e. The van der Waals surface area contributed by atoms with E-state index < -0.39 is 0 Å². The quantitative estimate of drug-likeness (QED) is 0.501. The van der Waals surface area contributed by atoms with Crippen molar-refractivity contribution in [1.82, 2.24) is 19.6 Å². The van der Waals surface area contributed by atoms with Crippen LogP contribution in [-0.4, -0.2) is 64.9 Å². The van der Waals surface area contributed by atoms with E-state index in [1.165, 1.54) is 11.3 Å². The molecule has 2 aromatic carbocycles. The number of rotatable bonds is 8. The molecule has 0 saturated carbocycles. The van der Waals surface area contributed by atoms with Crippen LogP contribution >= 0.6 is 0 Å². The first-order valence-corrected chi connectivity index (χ1v) is 12.0. The molecule has 3 aromatic rings. The number of piperazine rings is 1. The normalized spacial score (nSPS) is 14.3. The fourth-order valence-electron chi connectivity index (χ4n) is 4.42. The van der Waals surface area contributed by atoms with Crippen molar-refractivity contribution in [3.05, 3.63) is 71.0 Å². The predicted molar refractivity (Wildman–Crippen MR) is 133 cm³/mol. The van der Waals surface area contributed by atoms with Crippen LogP contribution in [0.4, 0.5) is 0 Å². The molecule has 7 nitrogen and oxygen atoms in total. The fourth-order valence-corrected chi connectivity index (χ4v) is 4.42. The SMILES string of the molecule is CCOc1ccc(C(=O)N2CCN(Cc3c(C)nn(-c4ccccc4)c3C)CC2)cc1OCC. The minimum Gasteiger partial charge on any atom is -0.490 e. The number of hydrogen-bond donors (Lipinski definition) is 0. The largest absolute Gasteiger partial charge is 0.490 e. The van der Waals surface area contributed by atoms with Crippen molar-refractivity contribution in [2.75, 3.05) is 39.4 Å². The number of hydrogen-bond acceptors (Lipinski definition) is 5. The third-order valence-corrected chi connectivity index (χ3v) is 6.27. The minimum absolute atomic E-state index is 0.0351. The van der Waals surface area contributed by atoms with Crippen molar-refractivity contribution in [3.63, 3.8) is 0 Å². The van der Waals surface area contributed by atoms with Gasteiger partial charge in [0.1, 0.15) is 0 Å². The monoisotopic (exact) mass is 462 g/mol. The second-order valence-corrected chi connectivity index (χ2v) is 8.49. The Balaban J connectivity index is 1.40. The summed E-state index contributed by atoms with van der Waals surface area (Å²) < 4.78 is 13.3. The maximum atomic E-state index is 13.2. The molecule has 2 heterocycles. The second-order valence-electron chi connectivity index (χ2n) is 8.49. The highest BCUT2D eigenvalue weighted by atomic mass is 16.5. The smallest absolute Gasteiger partial charge is 0.254 e. The van der Waals surface area contributed by atoms with Crippen LogP contribution < -0.4 is 9.47 Å². The Hall–Kier alpha value is -3.32. The lowest BCUT2D eigenvalue weighted by molar-refractivity contribution is 0.0627. The van der Waals surface area contributed by atoms with Crippen LogP contribution in [0.25, 0.3) is 5.69 Å². The summed E-state index contributed by atoms with van der Waals surface area (Å²) in [5, 5.41) is 4.78. The Labute approximate surface area is 201 Å². The summed E-state index contributed by atoms with van der Waals surface area (Å²) in [7, 11) is 0. The van der Waals surface area contributed by atoms with Crippen LogP contribution in [0.2, 0.25) is 0 Å². The summed E-state index contributed by atoms with van der Waals surface area (Å²) >= 11 is 0. The lowest BCUT2D eigenvalue weighted by Gasteiger charge is -2.35. The Morgan fingerprint density at radius 3 is 2.26 bits per heavy atom. The van der Waals surface area contributed by atoms with Gasteiger partial charge in [-0.1, -0.05) is 18.2 Å². The van der Waals surface area contributed by atoms with Gasteiger partial charge in [-0.05, 0) is 58.0 Å². The van der Waals surface area contributed by atoms with E-state index in [2.05, 4.69) is 30.9 Å². The van der Waals surface area contributed by atoms with Gasteiger partial charge in [-0.2, -0.15) is 5.10 Å². The zero-order chi connectivity index (χ0) is 24.1. The van der Waals surface area contributed by atoms with E-state index in [1.54, 1.807) is 6.07 Å². The van der Waals surface area contributed by atoms with Crippen LogP contribution in [-0.2, 0) is 6.54 Å². The molecule has 34 heavy (non-hydrogen) atoms. The number of amides is 1. The molecule has 4 rings (SSSR count). The molecule has 0 N–H and O–H groups in total. The van der Waals surface area contributed by atoms with Crippen LogP contribution in [0, 0.1) is 13.8 Å². The molecule has 7 heteroatoms. The molecule has 1 aliphatic rings. The second kappa shape index (κ2) is 10.7. The molecule has 1 aromatic heterocycles. The lowest BCUT2D eigenvalue weighted by Crippen LogP contribution is -2.48. The van der Waals surface area contributed by atoms with Crippen LogP contribution in [0.3, 0.4) is 0 Å². The Kier molecular flexibility index (Phi) is 7.53. The third-order valence-electron chi connectivity index (χ3n) is 6.27. The molecular weight excluding hydrogens is 428 g/mol. The highest BCUT2D eigenvalue weighted by Crippen LogP contribution is 2.29. The molecule has 1 saturated heterocycles. The van der Waals surface area contributed by atoms with Gasteiger partial charge in [0.2, 0.25) is 0 Å². The molecule has 1 amide bonds. The van der Waals surface area contributed by atoms with Gasteiger partial charge in [-0.25, -0.2) is 4.68 Å². The zero-order valence-electron chi connectivity index (χ0n) is 20.6. The van der Waals surface area contributed by atoms with Gasteiger partial charge in [0, 0.05) is 49.5 Å². The number of carbonyl (C=O) groups excluding carboxylic acids is 1. The van der Waals surface area contributed by atoms with Crippen molar-refractivity contribution in [2.24, 2.45) is 0 Å². The van der Waals surface area contributed by atoms with Gasteiger partial charge in [0.05, 0.1) is 24.6 Å². The Morgan fingerprint density at radius 1 is 0.912 bits per heavy atom. The standard InChI is InChI=1S/C27H34N4O3/c1-5-33-25-13-12-22(18-26(25)34-6-2)27(32)30-16-14-29(15-17-30)19-24-20(3)28-31(21(24)4)23-10-8-7-9-11-23/h7-13,18H,5-6,14-17,19H2,1-4H3. The van der Waals surface area contributed by atoms with E-state index in [0.29, 0.717) is 43.4 Å². The zero-order valence-corrected chi connectivity index (χ0v) is 20.6. The molecule has 180 valence electrons. The average Bonchev–Trinajstić information content (AvgIpc) is 3.14. The Morgan fingerprint density at radius 2 is 1.59 bits per heavy atom. The number of ether oxygens (including phenoxy) is 2. The van der Waals surface area contributed by atoms with E-state index in [1.807, 2.05) is 53.8 Å². The van der Waals surface area contributed by atoms with Gasteiger partial charge in [-0.15, -0.1) is 0 Å². The van der Waals surface area contributed by atoms with Gasteiger partial charge >= 0.3 is 0 Å². The van der Waals surface area contributed by atoms with Crippen LogP contribution in [0.15, 0.2) is 48.5 Å². The molecule has 1 fully saturated rings. The molecule has 0 radical (unpaired) electrons. The predicted octanol–water partition coefficient (Wildman–Crippen LogP) is 4.24. The number of benzene rings is 2. The van der Waals surface area contributed by atoms with E-state index in [4.69, 9.17) is 14.6 Å². The molecule has 1 aliphatic heterocycles. The first-order chi connectivity index (χ1) is 16.5. The summed E-state index contributed by atoms with van der Waals surface area (Å²) in [4.78, 5) is 17.5. The van der Waals surface area contributed by atoms with E-state index >= 15 is 0 Å². The maximum absolute atomic E-state index is 13.2.